The molecule has 0 heterocycles. The monoisotopic (exact) mass is 521 g/mol. The molecule has 0 aliphatic heterocycles. The number of nitrogens with one attached hydrogen (secondary N) is 1. The maximum atomic E-state index is 13.2. The number of anilines is 1. The molecule has 3 aromatic rings. The van der Waals surface area contributed by atoms with Crippen LogP contribution in [0.3, 0.4) is 0 Å². The smallest absolute Gasteiger partial charge is 0.255 e. The number of benzene rings is 3. The fourth-order valence-electron chi connectivity index (χ4n) is 3.62. The normalized spacial score (nSPS) is 11.2. The molecule has 0 unspecified atom stereocenters. The number of rotatable bonds is 8. The van der Waals surface area contributed by atoms with E-state index in [4.69, 9.17) is 5.73 Å². The molecule has 6 heteroatoms. The zero-order valence-corrected chi connectivity index (χ0v) is 21.6. The molecule has 5 nitrogen and oxygen atoms in total. The van der Waals surface area contributed by atoms with E-state index in [0.717, 1.165) is 21.2 Å². The molecular weight excluding hydrogens is 490 g/mol. The van der Waals surface area contributed by atoms with Gasteiger partial charge in [0, 0.05) is 41.8 Å². The van der Waals surface area contributed by atoms with Crippen molar-refractivity contribution in [2.45, 2.75) is 46.8 Å². The third-order valence-electron chi connectivity index (χ3n) is 5.31. The Morgan fingerprint density at radius 2 is 1.53 bits per heavy atom. The highest BCUT2D eigenvalue weighted by atomic mass is 79.9. The number of hydrogen-bond acceptors (Lipinski definition) is 3. The maximum absolute atomic E-state index is 13.2. The van der Waals surface area contributed by atoms with Crippen molar-refractivity contribution in [2.24, 2.45) is 11.1 Å². The van der Waals surface area contributed by atoms with Gasteiger partial charge in [-0.05, 0) is 52.4 Å². The Balaban J connectivity index is 1.73. The molecule has 34 heavy (non-hydrogen) atoms. The van der Waals surface area contributed by atoms with Crippen LogP contribution < -0.4 is 11.1 Å². The molecule has 0 atom stereocenters. The van der Waals surface area contributed by atoms with Crippen LogP contribution in [0.4, 0.5) is 5.69 Å². The molecular formula is C28H32BrN3O2. The molecule has 0 aromatic heterocycles. The number of amides is 2. The molecule has 0 bridgehead atoms. The highest BCUT2D eigenvalue weighted by Gasteiger charge is 2.22. The third-order valence-corrected chi connectivity index (χ3v) is 5.80. The molecule has 0 radical (unpaired) electrons. The summed E-state index contributed by atoms with van der Waals surface area (Å²) in [5.74, 6) is -0.0616. The summed E-state index contributed by atoms with van der Waals surface area (Å²) in [6.07, 6.45) is 0.463. The van der Waals surface area contributed by atoms with E-state index in [2.05, 4.69) is 48.1 Å². The van der Waals surface area contributed by atoms with Crippen molar-refractivity contribution in [1.82, 2.24) is 4.90 Å². The molecule has 3 rings (SSSR count). The van der Waals surface area contributed by atoms with Crippen LogP contribution in [-0.2, 0) is 24.4 Å². The number of carbonyl (C=O) groups is 2. The van der Waals surface area contributed by atoms with Gasteiger partial charge in [0.1, 0.15) is 0 Å². The summed E-state index contributed by atoms with van der Waals surface area (Å²) >= 11 is 3.39. The molecule has 0 spiro atoms. The van der Waals surface area contributed by atoms with Crippen LogP contribution in [-0.4, -0.2) is 16.7 Å². The van der Waals surface area contributed by atoms with Crippen LogP contribution in [0.1, 0.15) is 54.2 Å². The number of nitrogens with two attached hydrogens (primary N) is 1. The lowest BCUT2D eigenvalue weighted by molar-refractivity contribution is -0.134. The topological polar surface area (TPSA) is 75.4 Å². The molecule has 2 amide bonds. The number of halogens is 1. The molecule has 0 aliphatic rings. The van der Waals surface area contributed by atoms with Gasteiger partial charge in [-0.25, -0.2) is 0 Å². The van der Waals surface area contributed by atoms with E-state index in [-0.39, 0.29) is 17.2 Å². The van der Waals surface area contributed by atoms with Gasteiger partial charge in [-0.3, -0.25) is 9.59 Å². The summed E-state index contributed by atoms with van der Waals surface area (Å²) in [6.45, 7) is 7.69. The van der Waals surface area contributed by atoms with Crippen LogP contribution >= 0.6 is 15.9 Å². The first-order valence-corrected chi connectivity index (χ1v) is 12.1. The van der Waals surface area contributed by atoms with E-state index < -0.39 is 0 Å². The van der Waals surface area contributed by atoms with Gasteiger partial charge in [0.2, 0.25) is 5.91 Å². The van der Waals surface area contributed by atoms with E-state index in [0.29, 0.717) is 37.3 Å². The summed E-state index contributed by atoms with van der Waals surface area (Å²) in [5, 5.41) is 2.92. The molecule has 0 aliphatic carbocycles. The molecule has 178 valence electrons. The van der Waals surface area contributed by atoms with Crippen molar-refractivity contribution in [3.8, 4) is 0 Å². The Morgan fingerprint density at radius 1 is 0.882 bits per heavy atom. The van der Waals surface area contributed by atoms with Gasteiger partial charge in [-0.2, -0.15) is 0 Å². The average molecular weight is 522 g/mol. The first kappa shape index (κ1) is 25.7. The predicted molar refractivity (Wildman–Crippen MR) is 141 cm³/mol. The summed E-state index contributed by atoms with van der Waals surface area (Å²) in [7, 11) is 0. The zero-order chi connectivity index (χ0) is 24.7. The Bertz CT molecular complexity index is 1140. The van der Waals surface area contributed by atoms with Crippen molar-refractivity contribution in [2.75, 3.05) is 5.32 Å². The summed E-state index contributed by atoms with van der Waals surface area (Å²) in [5.41, 5.74) is 10.1. The van der Waals surface area contributed by atoms with Gasteiger partial charge in [0.15, 0.2) is 0 Å². The van der Waals surface area contributed by atoms with Crippen molar-refractivity contribution in [3.63, 3.8) is 0 Å². The molecule has 3 N–H and O–H groups in total. The number of hydrogen-bond donors (Lipinski definition) is 2. The second kappa shape index (κ2) is 11.4. The van der Waals surface area contributed by atoms with Gasteiger partial charge in [-0.1, -0.05) is 79.2 Å². The fourth-order valence-corrected chi connectivity index (χ4v) is 4.02. The van der Waals surface area contributed by atoms with Gasteiger partial charge in [-0.15, -0.1) is 0 Å². The predicted octanol–water partition coefficient (Wildman–Crippen LogP) is 6.13. The van der Waals surface area contributed by atoms with Crippen LogP contribution in [0.25, 0.3) is 0 Å². The SMILES string of the molecule is CC(C)(C)CC(=O)N(Cc1ccc(NC(=O)c2cccc(Br)c2)cc1)Cc1cccc(CN)c1. The Morgan fingerprint density at radius 3 is 2.18 bits per heavy atom. The summed E-state index contributed by atoms with van der Waals surface area (Å²) < 4.78 is 0.854. The highest BCUT2D eigenvalue weighted by Crippen LogP contribution is 2.23. The van der Waals surface area contributed by atoms with Gasteiger partial charge < -0.3 is 16.0 Å². The zero-order valence-electron chi connectivity index (χ0n) is 20.0. The second-order valence-corrected chi connectivity index (χ2v) is 10.6. The average Bonchev–Trinajstić information content (AvgIpc) is 2.79. The van der Waals surface area contributed by atoms with Gasteiger partial charge in [0.25, 0.3) is 5.91 Å². The van der Waals surface area contributed by atoms with Gasteiger partial charge in [0.05, 0.1) is 0 Å². The van der Waals surface area contributed by atoms with Gasteiger partial charge >= 0.3 is 0 Å². The largest absolute Gasteiger partial charge is 0.334 e. The molecule has 0 saturated heterocycles. The molecule has 0 saturated carbocycles. The number of nitrogens with zero attached hydrogens (tertiary/aromatic N) is 1. The van der Waals surface area contributed by atoms with Crippen LogP contribution in [0, 0.1) is 5.41 Å². The highest BCUT2D eigenvalue weighted by molar-refractivity contribution is 9.10. The molecule has 0 fully saturated rings. The minimum Gasteiger partial charge on any atom is -0.334 e. The van der Waals surface area contributed by atoms with Crippen molar-refractivity contribution in [1.29, 1.82) is 0 Å². The third kappa shape index (κ3) is 7.82. The van der Waals surface area contributed by atoms with E-state index in [1.807, 2.05) is 59.5 Å². The van der Waals surface area contributed by atoms with E-state index in [1.165, 1.54) is 0 Å². The Kier molecular flexibility index (Phi) is 8.64. The first-order valence-electron chi connectivity index (χ1n) is 11.3. The van der Waals surface area contributed by atoms with E-state index in [1.54, 1.807) is 12.1 Å². The quantitative estimate of drug-likeness (QED) is 0.374. The minimum atomic E-state index is -0.171. The standard InChI is InChI=1S/C28H32BrN3O2/c1-28(2,3)16-26(33)32(19-22-7-4-6-21(14-22)17-30)18-20-10-12-25(13-11-20)31-27(34)23-8-5-9-24(29)15-23/h4-15H,16-19,30H2,1-3H3,(H,31,34). The lowest BCUT2D eigenvalue weighted by Gasteiger charge is -2.27. The molecule has 3 aromatic carbocycles. The summed E-state index contributed by atoms with van der Waals surface area (Å²) in [4.78, 5) is 27.6. The summed E-state index contributed by atoms with van der Waals surface area (Å²) in [6, 6.07) is 22.9. The fraction of sp³-hybridized carbons (Fsp3) is 0.286. The van der Waals surface area contributed by atoms with E-state index >= 15 is 0 Å². The Hall–Kier alpha value is -2.96. The lowest BCUT2D eigenvalue weighted by atomic mass is 9.91. The van der Waals surface area contributed by atoms with Crippen molar-refractivity contribution < 1.29 is 9.59 Å². The van der Waals surface area contributed by atoms with Crippen LogP contribution in [0.15, 0.2) is 77.3 Å². The van der Waals surface area contributed by atoms with Crippen LogP contribution in [0.2, 0.25) is 0 Å². The maximum Gasteiger partial charge on any atom is 0.255 e. The first-order chi connectivity index (χ1) is 16.1. The second-order valence-electron chi connectivity index (χ2n) is 9.67. The van der Waals surface area contributed by atoms with Crippen molar-refractivity contribution >= 4 is 33.4 Å². The Labute approximate surface area is 210 Å². The lowest BCUT2D eigenvalue weighted by Crippen LogP contribution is -2.32. The minimum absolute atomic E-state index is 0.102. The van der Waals surface area contributed by atoms with E-state index in [9.17, 15) is 9.59 Å². The van der Waals surface area contributed by atoms with Crippen molar-refractivity contribution in [3.05, 3.63) is 99.5 Å². The van der Waals surface area contributed by atoms with Crippen LogP contribution in [0.5, 0.6) is 0 Å². The number of carbonyl (C=O) groups excluding carboxylic acids is 2.